The quantitative estimate of drug-likeness (QED) is 0.226. The van der Waals surface area contributed by atoms with Crippen LogP contribution < -0.4 is 0 Å². The first kappa shape index (κ1) is 21.6. The Labute approximate surface area is 223 Å². The van der Waals surface area contributed by atoms with Crippen molar-refractivity contribution in [1.82, 2.24) is 4.98 Å². The van der Waals surface area contributed by atoms with Crippen molar-refractivity contribution in [2.45, 2.75) is 24.7 Å². The van der Waals surface area contributed by atoms with E-state index in [4.69, 9.17) is 4.98 Å². The monoisotopic (exact) mass is 485 g/mol. The van der Waals surface area contributed by atoms with Crippen LogP contribution in [0.2, 0.25) is 0 Å². The van der Waals surface area contributed by atoms with Gasteiger partial charge in [0, 0.05) is 22.6 Å². The Morgan fingerprint density at radius 1 is 0.500 bits per heavy atom. The lowest BCUT2D eigenvalue weighted by atomic mass is 9.55. The summed E-state index contributed by atoms with van der Waals surface area (Å²) in [6.45, 7) is 4.74. The fourth-order valence-corrected chi connectivity index (χ4v) is 7.37. The molecule has 38 heavy (non-hydrogen) atoms. The summed E-state index contributed by atoms with van der Waals surface area (Å²) in [5, 5.41) is 1.17. The molecule has 1 nitrogen and oxygen atoms in total. The maximum absolute atomic E-state index is 4.83. The van der Waals surface area contributed by atoms with E-state index in [0.717, 1.165) is 11.1 Å². The summed E-state index contributed by atoms with van der Waals surface area (Å²) in [6.07, 6.45) is 2.04. The lowest BCUT2D eigenvalue weighted by molar-refractivity contribution is 0.563. The molecule has 0 atom stereocenters. The Hall–Kier alpha value is -4.49. The van der Waals surface area contributed by atoms with Gasteiger partial charge >= 0.3 is 0 Å². The van der Waals surface area contributed by atoms with Gasteiger partial charge in [-0.3, -0.25) is 4.98 Å². The van der Waals surface area contributed by atoms with Gasteiger partial charge in [-0.2, -0.15) is 0 Å². The molecular weight excluding hydrogens is 458 g/mol. The molecule has 0 bridgehead atoms. The summed E-state index contributed by atoms with van der Waals surface area (Å²) < 4.78 is 0. The van der Waals surface area contributed by atoms with Crippen LogP contribution in [-0.4, -0.2) is 4.98 Å². The lowest BCUT2D eigenvalue weighted by Gasteiger charge is -2.46. The number of aromatic nitrogens is 1. The largest absolute Gasteiger partial charge is 0.256 e. The number of hydrogen-bond acceptors (Lipinski definition) is 1. The van der Waals surface area contributed by atoms with Crippen LogP contribution in [0.3, 0.4) is 0 Å². The average molecular weight is 486 g/mol. The van der Waals surface area contributed by atoms with E-state index in [9.17, 15) is 0 Å². The van der Waals surface area contributed by atoms with E-state index in [1.165, 1.54) is 55.5 Å². The molecule has 1 heteroatoms. The van der Waals surface area contributed by atoms with Crippen LogP contribution in [0, 0.1) is 0 Å². The third-order valence-corrected chi connectivity index (χ3v) is 8.98. The van der Waals surface area contributed by atoms with Gasteiger partial charge in [-0.15, -0.1) is 0 Å². The average Bonchev–Trinajstić information content (AvgIpc) is 3.27. The van der Waals surface area contributed by atoms with Crippen molar-refractivity contribution in [3.63, 3.8) is 0 Å². The highest BCUT2D eigenvalue weighted by molar-refractivity contribution is 5.97. The molecule has 180 valence electrons. The summed E-state index contributed by atoms with van der Waals surface area (Å²) in [5.41, 5.74) is 13.9. The van der Waals surface area contributed by atoms with Gasteiger partial charge in [0.2, 0.25) is 0 Å². The number of hydrogen-bond donors (Lipinski definition) is 0. The number of fused-ring (bicyclic) bond motifs is 10. The van der Waals surface area contributed by atoms with Gasteiger partial charge in [-0.1, -0.05) is 123 Å². The first-order chi connectivity index (χ1) is 18.6. The highest BCUT2D eigenvalue weighted by Crippen LogP contribution is 2.63. The molecule has 0 unspecified atom stereocenters. The van der Waals surface area contributed by atoms with Gasteiger partial charge in [0.15, 0.2) is 0 Å². The number of rotatable bonds is 1. The molecular formula is C37H27N. The number of nitrogens with zero attached hydrogens (tertiary/aromatic N) is 1. The number of para-hydroxylation sites is 1. The lowest BCUT2D eigenvalue weighted by Crippen LogP contribution is -2.40. The SMILES string of the molecule is CC1(C)c2ccccc2C2(c3ccccc3-c3c(-c4cnc5ccccc5c4)cccc32)c2ccccc21. The Morgan fingerprint density at radius 2 is 1.05 bits per heavy atom. The maximum atomic E-state index is 4.83. The normalized spacial score (nSPS) is 15.5. The van der Waals surface area contributed by atoms with Gasteiger partial charge in [-0.25, -0.2) is 0 Å². The van der Waals surface area contributed by atoms with Crippen molar-refractivity contribution in [1.29, 1.82) is 0 Å². The van der Waals surface area contributed by atoms with Gasteiger partial charge in [0.05, 0.1) is 10.9 Å². The van der Waals surface area contributed by atoms with Crippen LogP contribution >= 0.6 is 0 Å². The highest BCUT2D eigenvalue weighted by atomic mass is 14.7. The van der Waals surface area contributed by atoms with E-state index in [1.54, 1.807) is 0 Å². The third kappa shape index (κ3) is 2.59. The molecule has 2 aliphatic rings. The predicted octanol–water partition coefficient (Wildman–Crippen LogP) is 8.90. The summed E-state index contributed by atoms with van der Waals surface area (Å²) in [4.78, 5) is 4.83. The Bertz CT molecular complexity index is 1860. The second-order valence-electron chi connectivity index (χ2n) is 11.2. The minimum absolute atomic E-state index is 0.0873. The molecule has 0 aliphatic heterocycles. The molecule has 0 N–H and O–H groups in total. The van der Waals surface area contributed by atoms with Crippen molar-refractivity contribution in [2.24, 2.45) is 0 Å². The van der Waals surface area contributed by atoms with Crippen molar-refractivity contribution < 1.29 is 0 Å². The van der Waals surface area contributed by atoms with Crippen LogP contribution in [-0.2, 0) is 10.8 Å². The second kappa shape index (κ2) is 7.52. The van der Waals surface area contributed by atoms with Crippen LogP contribution in [0.15, 0.2) is 128 Å². The van der Waals surface area contributed by atoms with Crippen LogP contribution in [0.5, 0.6) is 0 Å². The van der Waals surface area contributed by atoms with E-state index in [0.29, 0.717) is 0 Å². The summed E-state index contributed by atoms with van der Waals surface area (Å²) >= 11 is 0. The topological polar surface area (TPSA) is 12.9 Å². The molecule has 0 saturated heterocycles. The predicted molar refractivity (Wildman–Crippen MR) is 157 cm³/mol. The molecule has 6 aromatic rings. The molecule has 5 aromatic carbocycles. The fourth-order valence-electron chi connectivity index (χ4n) is 7.37. The zero-order valence-corrected chi connectivity index (χ0v) is 21.6. The van der Waals surface area contributed by atoms with E-state index in [2.05, 4.69) is 135 Å². The first-order valence-electron chi connectivity index (χ1n) is 13.4. The van der Waals surface area contributed by atoms with Crippen molar-refractivity contribution >= 4 is 10.9 Å². The van der Waals surface area contributed by atoms with E-state index >= 15 is 0 Å². The minimum Gasteiger partial charge on any atom is -0.256 e. The molecule has 1 heterocycles. The minimum atomic E-state index is -0.366. The maximum Gasteiger partial charge on any atom is 0.0719 e. The van der Waals surface area contributed by atoms with Gasteiger partial charge in [0.25, 0.3) is 0 Å². The molecule has 0 fully saturated rings. The van der Waals surface area contributed by atoms with E-state index < -0.39 is 0 Å². The highest BCUT2D eigenvalue weighted by Gasteiger charge is 2.53. The van der Waals surface area contributed by atoms with E-state index in [-0.39, 0.29) is 10.8 Å². The van der Waals surface area contributed by atoms with Gasteiger partial charge in [-0.05, 0) is 62.2 Å². The third-order valence-electron chi connectivity index (χ3n) is 8.98. The molecule has 1 spiro atoms. The molecule has 0 radical (unpaired) electrons. The Balaban J connectivity index is 1.53. The molecule has 2 aliphatic carbocycles. The Morgan fingerprint density at radius 3 is 1.79 bits per heavy atom. The van der Waals surface area contributed by atoms with E-state index in [1.807, 2.05) is 6.20 Å². The van der Waals surface area contributed by atoms with Crippen molar-refractivity contribution in [3.05, 3.63) is 161 Å². The molecule has 0 saturated carbocycles. The molecule has 8 rings (SSSR count). The second-order valence-corrected chi connectivity index (χ2v) is 11.2. The van der Waals surface area contributed by atoms with Crippen LogP contribution in [0.25, 0.3) is 33.2 Å². The number of pyridine rings is 1. The smallest absolute Gasteiger partial charge is 0.0719 e. The van der Waals surface area contributed by atoms with Gasteiger partial charge < -0.3 is 0 Å². The summed E-state index contributed by atoms with van der Waals surface area (Å²) in [6, 6.07) is 44.8. The molecule has 0 amide bonds. The van der Waals surface area contributed by atoms with Gasteiger partial charge in [0.1, 0.15) is 0 Å². The Kier molecular flexibility index (Phi) is 4.27. The fraction of sp³-hybridized carbons (Fsp3) is 0.108. The standard InChI is InChI=1S/C37H27N/c1-36(2)29-16-6-8-18-31(29)37(32-19-9-7-17-30(32)36)28-15-5-4-13-27(28)35-26(14-11-20-33(35)37)25-22-24-12-3-10-21-34(24)38-23-25/h3-23H,1-2H3. The summed E-state index contributed by atoms with van der Waals surface area (Å²) in [7, 11) is 0. The zero-order valence-electron chi connectivity index (χ0n) is 21.6. The number of benzene rings is 5. The zero-order chi connectivity index (χ0) is 25.5. The van der Waals surface area contributed by atoms with Crippen LogP contribution in [0.4, 0.5) is 0 Å². The van der Waals surface area contributed by atoms with Crippen molar-refractivity contribution in [2.75, 3.05) is 0 Å². The van der Waals surface area contributed by atoms with Crippen molar-refractivity contribution in [3.8, 4) is 22.3 Å². The summed E-state index contributed by atoms with van der Waals surface area (Å²) in [5.74, 6) is 0. The molecule has 1 aromatic heterocycles. The first-order valence-corrected chi connectivity index (χ1v) is 13.4. The van der Waals surface area contributed by atoms with Crippen LogP contribution in [0.1, 0.15) is 47.2 Å².